The van der Waals surface area contributed by atoms with Gasteiger partial charge in [-0.1, -0.05) is 78.4 Å². The number of carbonyl (C=O) groups is 2. The van der Waals surface area contributed by atoms with Crippen LogP contribution in [0.25, 0.3) is 0 Å². The van der Waals surface area contributed by atoms with E-state index in [1.54, 1.807) is 6.21 Å². The van der Waals surface area contributed by atoms with Crippen LogP contribution in [0.4, 0.5) is 0 Å². The van der Waals surface area contributed by atoms with E-state index in [9.17, 15) is 9.59 Å². The molecule has 146 valence electrons. The maximum absolute atomic E-state index is 13.4. The van der Waals surface area contributed by atoms with Gasteiger partial charge in [0.1, 0.15) is 0 Å². The first-order valence-corrected chi connectivity index (χ1v) is 10.3. The Hall–Kier alpha value is -3.53. The van der Waals surface area contributed by atoms with Gasteiger partial charge in [-0.05, 0) is 34.7 Å². The number of amides is 2. The van der Waals surface area contributed by atoms with Crippen molar-refractivity contribution in [3.63, 3.8) is 0 Å². The van der Waals surface area contributed by atoms with E-state index in [0.29, 0.717) is 0 Å². The lowest BCUT2D eigenvalue weighted by Gasteiger charge is -2.45. The number of benzene rings is 3. The minimum absolute atomic E-state index is 0.0941. The van der Waals surface area contributed by atoms with Crippen LogP contribution in [0.15, 0.2) is 77.9 Å². The Balaban J connectivity index is 1.45. The maximum Gasteiger partial charge on any atom is 0.254 e. The predicted molar refractivity (Wildman–Crippen MR) is 114 cm³/mol. The molecule has 3 aromatic carbocycles. The van der Waals surface area contributed by atoms with Crippen LogP contribution in [-0.4, -0.2) is 23.0 Å². The van der Waals surface area contributed by atoms with Gasteiger partial charge in [0, 0.05) is 11.8 Å². The summed E-state index contributed by atoms with van der Waals surface area (Å²) in [6.07, 6.45) is 1.61. The number of rotatable bonds is 2. The number of carbonyl (C=O) groups excluding carboxylic acids is 2. The molecule has 30 heavy (non-hydrogen) atoms. The first-order chi connectivity index (χ1) is 14.6. The molecule has 0 radical (unpaired) electrons. The Labute approximate surface area is 174 Å². The van der Waals surface area contributed by atoms with Gasteiger partial charge >= 0.3 is 0 Å². The van der Waals surface area contributed by atoms with Crippen LogP contribution < -0.4 is 0 Å². The van der Waals surface area contributed by atoms with Gasteiger partial charge in [-0.2, -0.15) is 10.1 Å². The monoisotopic (exact) mass is 392 g/mol. The van der Waals surface area contributed by atoms with E-state index in [1.807, 2.05) is 55.5 Å². The number of imide groups is 1. The highest BCUT2D eigenvalue weighted by Crippen LogP contribution is 2.60. The van der Waals surface area contributed by atoms with Gasteiger partial charge in [0.15, 0.2) is 0 Å². The molecule has 1 saturated heterocycles. The van der Waals surface area contributed by atoms with Gasteiger partial charge in [-0.3, -0.25) is 9.59 Å². The summed E-state index contributed by atoms with van der Waals surface area (Å²) < 4.78 is 0. The Morgan fingerprint density at radius 2 is 1.13 bits per heavy atom. The van der Waals surface area contributed by atoms with Crippen LogP contribution in [-0.2, 0) is 9.59 Å². The third-order valence-corrected chi connectivity index (χ3v) is 6.82. The zero-order chi connectivity index (χ0) is 20.4. The lowest BCUT2D eigenvalue weighted by molar-refractivity contribution is -0.139. The van der Waals surface area contributed by atoms with Crippen molar-refractivity contribution in [3.05, 3.63) is 106 Å². The summed E-state index contributed by atoms with van der Waals surface area (Å²) in [5.74, 6) is -1.34. The topological polar surface area (TPSA) is 49.7 Å². The molecule has 0 saturated carbocycles. The van der Waals surface area contributed by atoms with Crippen molar-refractivity contribution in [2.24, 2.45) is 16.9 Å². The summed E-state index contributed by atoms with van der Waals surface area (Å²) in [5, 5.41) is 5.46. The standard InChI is InChI=1S/C26H20N2O2/c1-15-10-12-16(13-11-15)14-27-28-25(29)23-21-17-6-2-3-7-18(17)22(24(23)26(28)30)20-9-5-4-8-19(20)21/h2-14,21-24H,1H3/b27-14-/t21?,22?,23-,24+. The highest BCUT2D eigenvalue weighted by molar-refractivity contribution is 6.08. The van der Waals surface area contributed by atoms with Gasteiger partial charge < -0.3 is 0 Å². The SMILES string of the molecule is Cc1ccc(/C=N\N2C(=O)[C@@H]3C4c5ccccc5C(c5ccccc54)[C@@H]3C2=O)cc1. The highest BCUT2D eigenvalue weighted by atomic mass is 16.2. The zero-order valence-corrected chi connectivity index (χ0v) is 16.5. The smallest absolute Gasteiger partial charge is 0.254 e. The van der Waals surface area contributed by atoms with E-state index in [4.69, 9.17) is 0 Å². The van der Waals surface area contributed by atoms with Crippen LogP contribution in [0.3, 0.4) is 0 Å². The van der Waals surface area contributed by atoms with Gasteiger partial charge in [-0.25, -0.2) is 0 Å². The molecule has 0 spiro atoms. The molecule has 1 aliphatic heterocycles. The second-order valence-electron chi connectivity index (χ2n) is 8.41. The van der Waals surface area contributed by atoms with Crippen LogP contribution in [0.5, 0.6) is 0 Å². The molecule has 3 aliphatic carbocycles. The number of hydrogen-bond acceptors (Lipinski definition) is 3. The molecule has 7 rings (SSSR count). The average Bonchev–Trinajstić information content (AvgIpc) is 3.04. The Bertz CT molecular complexity index is 1110. The Morgan fingerprint density at radius 3 is 1.57 bits per heavy atom. The lowest BCUT2D eigenvalue weighted by atomic mass is 9.55. The Kier molecular flexibility index (Phi) is 3.60. The normalized spacial score (nSPS) is 26.1. The van der Waals surface area contributed by atoms with Gasteiger partial charge in [-0.15, -0.1) is 0 Å². The third-order valence-electron chi connectivity index (χ3n) is 6.82. The summed E-state index contributed by atoms with van der Waals surface area (Å²) in [4.78, 5) is 26.9. The van der Waals surface area contributed by atoms with E-state index in [1.165, 1.54) is 22.3 Å². The highest BCUT2D eigenvalue weighted by Gasteiger charge is 2.61. The summed E-state index contributed by atoms with van der Waals surface area (Å²) in [5.41, 5.74) is 6.71. The summed E-state index contributed by atoms with van der Waals surface area (Å²) >= 11 is 0. The largest absolute Gasteiger partial charge is 0.272 e. The lowest BCUT2D eigenvalue weighted by Crippen LogP contribution is -2.41. The van der Waals surface area contributed by atoms with Crippen LogP contribution >= 0.6 is 0 Å². The van der Waals surface area contributed by atoms with Crippen molar-refractivity contribution in [1.29, 1.82) is 0 Å². The summed E-state index contributed by atoms with van der Waals surface area (Å²) in [6.45, 7) is 2.02. The molecular formula is C26H20N2O2. The van der Waals surface area contributed by atoms with Crippen molar-refractivity contribution < 1.29 is 9.59 Å². The predicted octanol–water partition coefficient (Wildman–Crippen LogP) is 4.22. The molecule has 2 atom stereocenters. The maximum atomic E-state index is 13.4. The molecule has 0 unspecified atom stereocenters. The van der Waals surface area contributed by atoms with Crippen molar-refractivity contribution in [1.82, 2.24) is 5.01 Å². The van der Waals surface area contributed by atoms with Crippen molar-refractivity contribution in [2.75, 3.05) is 0 Å². The fourth-order valence-corrected chi connectivity index (χ4v) is 5.55. The quantitative estimate of drug-likeness (QED) is 0.484. The molecule has 0 N–H and O–H groups in total. The first-order valence-electron chi connectivity index (χ1n) is 10.3. The fourth-order valence-electron chi connectivity index (χ4n) is 5.55. The van der Waals surface area contributed by atoms with E-state index in [0.717, 1.165) is 16.1 Å². The van der Waals surface area contributed by atoms with Crippen molar-refractivity contribution in [3.8, 4) is 0 Å². The molecule has 1 heterocycles. The van der Waals surface area contributed by atoms with Crippen LogP contribution in [0.1, 0.15) is 45.2 Å². The number of aryl methyl sites for hydroxylation is 1. The molecule has 2 amide bonds. The molecular weight excluding hydrogens is 372 g/mol. The molecule has 0 aromatic heterocycles. The molecule has 3 aromatic rings. The summed E-state index contributed by atoms with van der Waals surface area (Å²) in [6, 6.07) is 24.4. The van der Waals surface area contributed by atoms with Gasteiger partial charge in [0.2, 0.25) is 0 Å². The molecule has 1 fully saturated rings. The molecule has 4 nitrogen and oxygen atoms in total. The van der Waals surface area contributed by atoms with Crippen molar-refractivity contribution in [2.45, 2.75) is 18.8 Å². The van der Waals surface area contributed by atoms with Crippen molar-refractivity contribution >= 4 is 18.0 Å². The molecule has 4 heteroatoms. The third kappa shape index (κ3) is 2.25. The number of hydrazone groups is 1. The second-order valence-corrected chi connectivity index (χ2v) is 8.41. The average molecular weight is 392 g/mol. The zero-order valence-electron chi connectivity index (χ0n) is 16.5. The number of hydrogen-bond donors (Lipinski definition) is 0. The first kappa shape index (κ1) is 17.3. The Morgan fingerprint density at radius 1 is 0.700 bits per heavy atom. The fraction of sp³-hybridized carbons (Fsp3) is 0.192. The molecule has 2 bridgehead atoms. The van der Waals surface area contributed by atoms with Gasteiger partial charge in [0.05, 0.1) is 18.1 Å². The minimum Gasteiger partial charge on any atom is -0.272 e. The van der Waals surface area contributed by atoms with Crippen LogP contribution in [0.2, 0.25) is 0 Å². The van der Waals surface area contributed by atoms with E-state index >= 15 is 0 Å². The molecule has 4 aliphatic rings. The van der Waals surface area contributed by atoms with Crippen LogP contribution in [0, 0.1) is 18.8 Å². The minimum atomic E-state index is -0.387. The van der Waals surface area contributed by atoms with E-state index in [-0.39, 0.29) is 35.5 Å². The second kappa shape index (κ2) is 6.23. The van der Waals surface area contributed by atoms with E-state index < -0.39 is 0 Å². The van der Waals surface area contributed by atoms with E-state index in [2.05, 4.69) is 29.4 Å². The summed E-state index contributed by atoms with van der Waals surface area (Å²) in [7, 11) is 0. The number of nitrogens with zero attached hydrogens (tertiary/aromatic N) is 2. The van der Waals surface area contributed by atoms with Gasteiger partial charge in [0.25, 0.3) is 11.8 Å².